The minimum atomic E-state index is -0.698. The zero-order valence-electron chi connectivity index (χ0n) is 19.3. The maximum atomic E-state index is 13.4. The molecule has 0 aliphatic carbocycles. The van der Waals surface area contributed by atoms with E-state index in [0.717, 1.165) is 43.0 Å². The van der Waals surface area contributed by atoms with Crippen LogP contribution in [0.4, 0.5) is 11.4 Å². The molecule has 1 saturated heterocycles. The van der Waals surface area contributed by atoms with Crippen molar-refractivity contribution in [3.05, 3.63) is 93.4 Å². The van der Waals surface area contributed by atoms with Crippen LogP contribution in [0, 0.1) is 6.92 Å². The van der Waals surface area contributed by atoms with Crippen molar-refractivity contribution in [3.8, 4) is 0 Å². The molecular formula is C27H27N3O3S. The number of anilines is 2. The first-order valence-electron chi connectivity index (χ1n) is 11.4. The molecule has 2 aliphatic rings. The maximum Gasteiger partial charge on any atom is 0.294 e. The Morgan fingerprint density at radius 1 is 0.971 bits per heavy atom. The van der Waals surface area contributed by atoms with E-state index >= 15 is 0 Å². The van der Waals surface area contributed by atoms with Gasteiger partial charge in [-0.1, -0.05) is 35.9 Å². The molecular weight excluding hydrogens is 446 g/mol. The van der Waals surface area contributed by atoms with Crippen molar-refractivity contribution in [3.63, 3.8) is 0 Å². The number of aliphatic hydroxyl groups excluding tert-OH is 1. The molecule has 1 atom stereocenters. The van der Waals surface area contributed by atoms with Gasteiger partial charge in [-0.05, 0) is 55.2 Å². The quantitative estimate of drug-likeness (QED) is 0.549. The molecule has 0 bridgehead atoms. The van der Waals surface area contributed by atoms with Crippen LogP contribution in [0.2, 0.25) is 0 Å². The van der Waals surface area contributed by atoms with Gasteiger partial charge in [-0.25, -0.2) is 0 Å². The van der Waals surface area contributed by atoms with E-state index in [2.05, 4.69) is 16.8 Å². The Balaban J connectivity index is 1.53. The molecule has 0 spiro atoms. The minimum Gasteiger partial charge on any atom is -0.503 e. The fourth-order valence-corrected chi connectivity index (χ4v) is 5.37. The van der Waals surface area contributed by atoms with E-state index in [1.165, 1.54) is 11.3 Å². The molecule has 3 aromatic rings. The molecule has 2 aliphatic heterocycles. The number of hydrogen-bond donors (Lipinski definition) is 1. The van der Waals surface area contributed by atoms with E-state index in [1.807, 2.05) is 60.8 Å². The van der Waals surface area contributed by atoms with Crippen LogP contribution < -0.4 is 9.80 Å². The Morgan fingerprint density at radius 3 is 2.32 bits per heavy atom. The summed E-state index contributed by atoms with van der Waals surface area (Å²) in [5.74, 6) is -1.35. The number of benzene rings is 2. The predicted octanol–water partition coefficient (Wildman–Crippen LogP) is 4.59. The summed E-state index contributed by atoms with van der Waals surface area (Å²) in [5, 5.41) is 12.7. The van der Waals surface area contributed by atoms with E-state index in [4.69, 9.17) is 0 Å². The highest BCUT2D eigenvalue weighted by Crippen LogP contribution is 2.42. The van der Waals surface area contributed by atoms with Crippen LogP contribution in [-0.4, -0.2) is 54.9 Å². The summed E-state index contributed by atoms with van der Waals surface area (Å²) >= 11 is 1.30. The molecule has 3 heterocycles. The van der Waals surface area contributed by atoms with Gasteiger partial charge in [0.2, 0.25) is 5.78 Å². The van der Waals surface area contributed by atoms with Gasteiger partial charge in [-0.2, -0.15) is 0 Å². The summed E-state index contributed by atoms with van der Waals surface area (Å²) in [7, 11) is 2.12. The van der Waals surface area contributed by atoms with Gasteiger partial charge in [0.05, 0.1) is 16.5 Å². The smallest absolute Gasteiger partial charge is 0.294 e. The number of thiophene rings is 1. The van der Waals surface area contributed by atoms with Gasteiger partial charge in [0.15, 0.2) is 5.76 Å². The van der Waals surface area contributed by atoms with Crippen LogP contribution in [0.25, 0.3) is 0 Å². The monoisotopic (exact) mass is 473 g/mol. The van der Waals surface area contributed by atoms with Gasteiger partial charge < -0.3 is 14.9 Å². The van der Waals surface area contributed by atoms with Gasteiger partial charge in [0, 0.05) is 37.6 Å². The molecule has 1 unspecified atom stereocenters. The van der Waals surface area contributed by atoms with E-state index in [0.29, 0.717) is 10.6 Å². The van der Waals surface area contributed by atoms with Crippen LogP contribution in [0.1, 0.15) is 26.8 Å². The molecule has 1 N–H and O–H groups in total. The zero-order chi connectivity index (χ0) is 23.8. The number of ketones is 1. The first-order valence-corrected chi connectivity index (χ1v) is 12.3. The molecule has 2 aromatic carbocycles. The number of nitrogens with zero attached hydrogens (tertiary/aromatic N) is 3. The lowest BCUT2D eigenvalue weighted by atomic mass is 9.94. The fraction of sp³-hybridized carbons (Fsp3) is 0.259. The number of amides is 1. The van der Waals surface area contributed by atoms with Crippen molar-refractivity contribution in [2.45, 2.75) is 13.0 Å². The molecule has 1 aromatic heterocycles. The predicted molar refractivity (Wildman–Crippen MR) is 136 cm³/mol. The summed E-state index contributed by atoms with van der Waals surface area (Å²) in [6.07, 6.45) is 0. The van der Waals surface area contributed by atoms with E-state index in [1.54, 1.807) is 17.0 Å². The first-order chi connectivity index (χ1) is 16.4. The van der Waals surface area contributed by atoms with Gasteiger partial charge in [0.25, 0.3) is 5.91 Å². The Labute approximate surface area is 203 Å². The van der Waals surface area contributed by atoms with Gasteiger partial charge in [-0.15, -0.1) is 11.3 Å². The van der Waals surface area contributed by atoms with E-state index in [9.17, 15) is 14.7 Å². The van der Waals surface area contributed by atoms with Gasteiger partial charge in [-0.3, -0.25) is 14.5 Å². The van der Waals surface area contributed by atoms with E-state index in [-0.39, 0.29) is 11.4 Å². The van der Waals surface area contributed by atoms with Crippen molar-refractivity contribution in [1.82, 2.24) is 4.90 Å². The van der Waals surface area contributed by atoms with Crippen LogP contribution >= 0.6 is 11.3 Å². The highest BCUT2D eigenvalue weighted by Gasteiger charge is 2.44. The van der Waals surface area contributed by atoms with Crippen molar-refractivity contribution in [2.75, 3.05) is 43.0 Å². The van der Waals surface area contributed by atoms with Crippen LogP contribution in [-0.2, 0) is 4.79 Å². The summed E-state index contributed by atoms with van der Waals surface area (Å²) < 4.78 is 0. The minimum absolute atomic E-state index is 0.126. The molecule has 174 valence electrons. The Bertz CT molecular complexity index is 1240. The molecule has 6 nitrogen and oxygen atoms in total. The number of likely N-dealkylation sites (N-methyl/N-ethyl adjacent to an activating group) is 1. The third kappa shape index (κ3) is 4.02. The second-order valence-corrected chi connectivity index (χ2v) is 9.81. The summed E-state index contributed by atoms with van der Waals surface area (Å²) in [6.45, 7) is 5.89. The standard InChI is InChI=1S/C27H27N3O3S/c1-18-5-3-6-19(17-18)24-23(25(31)22-7-4-16-34-22)26(32)27(33)30(24)21-10-8-20(9-11-21)29-14-12-28(2)13-15-29/h3-11,16-17,24,32H,12-15H2,1-2H3. The second kappa shape index (κ2) is 9.08. The molecule has 1 fully saturated rings. The molecule has 5 rings (SSSR count). The Kier molecular flexibility index (Phi) is 5.98. The number of aliphatic hydroxyl groups is 1. The number of rotatable bonds is 5. The normalized spacial score (nSPS) is 19.2. The van der Waals surface area contributed by atoms with Crippen LogP contribution in [0.5, 0.6) is 0 Å². The number of aryl methyl sites for hydroxylation is 1. The van der Waals surface area contributed by atoms with Crippen LogP contribution in [0.15, 0.2) is 77.4 Å². The maximum absolute atomic E-state index is 13.4. The number of piperazine rings is 1. The lowest BCUT2D eigenvalue weighted by Gasteiger charge is -2.34. The topological polar surface area (TPSA) is 64.1 Å². The lowest BCUT2D eigenvalue weighted by molar-refractivity contribution is -0.117. The average Bonchev–Trinajstić information content (AvgIpc) is 3.47. The molecule has 1 amide bonds. The fourth-order valence-electron chi connectivity index (χ4n) is 4.69. The molecule has 0 saturated carbocycles. The summed E-state index contributed by atoms with van der Waals surface area (Å²) in [4.78, 5) is 33.4. The number of carbonyl (C=O) groups is 2. The average molecular weight is 474 g/mol. The SMILES string of the molecule is Cc1cccc(C2C(C(=O)c3cccs3)=C(O)C(=O)N2c2ccc(N3CCN(C)CC3)cc2)c1. The van der Waals surface area contributed by atoms with Crippen molar-refractivity contribution in [2.24, 2.45) is 0 Å². The first kappa shape index (κ1) is 22.4. The van der Waals surface area contributed by atoms with Gasteiger partial charge in [0.1, 0.15) is 0 Å². The third-order valence-electron chi connectivity index (χ3n) is 6.55. The highest BCUT2D eigenvalue weighted by molar-refractivity contribution is 7.12. The molecule has 34 heavy (non-hydrogen) atoms. The second-order valence-electron chi connectivity index (χ2n) is 8.87. The highest BCUT2D eigenvalue weighted by atomic mass is 32.1. The molecule has 0 radical (unpaired) electrons. The van der Waals surface area contributed by atoms with Crippen molar-refractivity contribution >= 4 is 34.4 Å². The van der Waals surface area contributed by atoms with Crippen molar-refractivity contribution in [1.29, 1.82) is 0 Å². The number of carbonyl (C=O) groups excluding carboxylic acids is 2. The third-order valence-corrected chi connectivity index (χ3v) is 7.42. The van der Waals surface area contributed by atoms with Crippen molar-refractivity contribution < 1.29 is 14.7 Å². The van der Waals surface area contributed by atoms with Crippen LogP contribution in [0.3, 0.4) is 0 Å². The van der Waals surface area contributed by atoms with Gasteiger partial charge >= 0.3 is 0 Å². The Morgan fingerprint density at radius 2 is 1.68 bits per heavy atom. The number of hydrogen-bond acceptors (Lipinski definition) is 6. The van der Waals surface area contributed by atoms with E-state index < -0.39 is 17.7 Å². The summed E-state index contributed by atoms with van der Waals surface area (Å²) in [5.41, 5.74) is 3.68. The Hall–Kier alpha value is -3.42. The largest absolute Gasteiger partial charge is 0.503 e. The lowest BCUT2D eigenvalue weighted by Crippen LogP contribution is -2.44. The molecule has 7 heteroatoms. The summed E-state index contributed by atoms with van der Waals surface area (Å²) in [6, 6.07) is 18.4. The zero-order valence-corrected chi connectivity index (χ0v) is 20.1. The number of Topliss-reactive ketones (excluding diaryl/α,β-unsaturated/α-hetero) is 1.